The molecule has 0 aliphatic rings. The van der Waals surface area contributed by atoms with Crippen molar-refractivity contribution in [2.24, 2.45) is 0 Å². The van der Waals surface area contributed by atoms with E-state index in [1.807, 2.05) is 48.5 Å². The second kappa shape index (κ2) is 5.96. The lowest BCUT2D eigenvalue weighted by atomic mass is 10.0. The van der Waals surface area contributed by atoms with Gasteiger partial charge in [-0.1, -0.05) is 42.5 Å². The molecule has 0 aliphatic carbocycles. The minimum Gasteiger partial charge on any atom is -0.290 e. The van der Waals surface area contributed by atoms with E-state index in [0.717, 1.165) is 11.1 Å². The van der Waals surface area contributed by atoms with Gasteiger partial charge in [0.1, 0.15) is 0 Å². The number of carbonyl (C=O) groups is 1. The molecule has 0 radical (unpaired) electrons. The van der Waals surface area contributed by atoms with E-state index >= 15 is 0 Å². The van der Waals surface area contributed by atoms with Crippen LogP contribution < -0.4 is 5.32 Å². The van der Waals surface area contributed by atoms with Crippen LogP contribution in [0.5, 0.6) is 0 Å². The average molecular weight is 275 g/mol. The van der Waals surface area contributed by atoms with Gasteiger partial charge in [0.25, 0.3) is 5.91 Å². The van der Waals surface area contributed by atoms with Crippen molar-refractivity contribution in [3.8, 4) is 11.1 Å². The van der Waals surface area contributed by atoms with E-state index < -0.39 is 0 Å². The maximum Gasteiger partial charge on any atom is 0.258 e. The second-order valence-electron chi connectivity index (χ2n) is 4.47. The lowest BCUT2D eigenvalue weighted by Crippen LogP contribution is -2.13. The topological polar surface area (TPSA) is 54.9 Å². The first-order valence-corrected chi connectivity index (χ1v) is 6.57. The predicted molar refractivity (Wildman–Crippen MR) is 81.9 cm³/mol. The summed E-state index contributed by atoms with van der Waals surface area (Å²) >= 11 is 0. The van der Waals surface area contributed by atoms with Gasteiger partial charge >= 0.3 is 0 Å². The number of amides is 1. The van der Waals surface area contributed by atoms with E-state index in [0.29, 0.717) is 11.5 Å². The Morgan fingerprint density at radius 3 is 2.29 bits per heavy atom. The summed E-state index contributed by atoms with van der Waals surface area (Å²) in [5.41, 5.74) is 2.64. The fraction of sp³-hybridized carbons (Fsp3) is 0. The molecule has 0 saturated carbocycles. The summed E-state index contributed by atoms with van der Waals surface area (Å²) in [5.74, 6) is 0.0756. The molecule has 4 heteroatoms. The Labute approximate surface area is 122 Å². The Morgan fingerprint density at radius 2 is 1.52 bits per heavy atom. The van der Waals surface area contributed by atoms with E-state index in [-0.39, 0.29) is 5.91 Å². The number of anilines is 1. The smallest absolute Gasteiger partial charge is 0.258 e. The van der Waals surface area contributed by atoms with E-state index in [2.05, 4.69) is 15.3 Å². The van der Waals surface area contributed by atoms with Crippen molar-refractivity contribution in [1.82, 2.24) is 9.97 Å². The van der Waals surface area contributed by atoms with Gasteiger partial charge in [0.15, 0.2) is 0 Å². The molecular formula is C17H13N3O. The molecule has 4 nitrogen and oxygen atoms in total. The van der Waals surface area contributed by atoms with E-state index in [9.17, 15) is 4.79 Å². The molecule has 3 aromatic rings. The molecule has 1 N–H and O–H groups in total. The molecule has 0 aliphatic heterocycles. The highest BCUT2D eigenvalue weighted by Gasteiger charge is 2.08. The number of hydrogen-bond donors (Lipinski definition) is 1. The Balaban J connectivity index is 1.85. The van der Waals surface area contributed by atoms with Gasteiger partial charge < -0.3 is 0 Å². The van der Waals surface area contributed by atoms with Crippen molar-refractivity contribution < 1.29 is 4.79 Å². The largest absolute Gasteiger partial charge is 0.290 e. The first-order chi connectivity index (χ1) is 10.3. The van der Waals surface area contributed by atoms with Crippen molar-refractivity contribution in [1.29, 1.82) is 0 Å². The maximum absolute atomic E-state index is 12.2. The third-order valence-electron chi connectivity index (χ3n) is 3.02. The quantitative estimate of drug-likeness (QED) is 0.797. The van der Waals surface area contributed by atoms with Crippen molar-refractivity contribution in [3.05, 3.63) is 78.6 Å². The van der Waals surface area contributed by atoms with Gasteiger partial charge in [-0.25, -0.2) is 9.97 Å². The summed E-state index contributed by atoms with van der Waals surface area (Å²) in [7, 11) is 0. The monoisotopic (exact) mass is 275 g/mol. The molecule has 2 aromatic carbocycles. The van der Waals surface area contributed by atoms with Gasteiger partial charge in [-0.3, -0.25) is 10.1 Å². The van der Waals surface area contributed by atoms with Crippen LogP contribution in [0.25, 0.3) is 11.1 Å². The molecule has 1 heterocycles. The van der Waals surface area contributed by atoms with Crippen molar-refractivity contribution in [2.75, 3.05) is 5.32 Å². The van der Waals surface area contributed by atoms with Crippen LogP contribution >= 0.6 is 0 Å². The standard InChI is InChI=1S/C17H13N3O/c21-16(20-17-18-10-5-11-19-17)15-9-4-8-14(12-15)13-6-2-1-3-7-13/h1-12H,(H,18,19,20,21). The van der Waals surface area contributed by atoms with Crippen LogP contribution in [0, 0.1) is 0 Å². The predicted octanol–water partition coefficient (Wildman–Crippen LogP) is 3.40. The Bertz CT molecular complexity index is 742. The zero-order valence-corrected chi connectivity index (χ0v) is 11.2. The van der Waals surface area contributed by atoms with Crippen LogP contribution in [-0.2, 0) is 0 Å². The van der Waals surface area contributed by atoms with Crippen LogP contribution in [0.2, 0.25) is 0 Å². The number of hydrogen-bond acceptors (Lipinski definition) is 3. The number of rotatable bonds is 3. The summed E-state index contributed by atoms with van der Waals surface area (Å²) in [6.07, 6.45) is 3.17. The summed E-state index contributed by atoms with van der Waals surface area (Å²) in [6, 6.07) is 19.1. The molecular weight excluding hydrogens is 262 g/mol. The second-order valence-corrected chi connectivity index (χ2v) is 4.47. The highest BCUT2D eigenvalue weighted by atomic mass is 16.1. The van der Waals surface area contributed by atoms with E-state index in [4.69, 9.17) is 0 Å². The number of nitrogens with one attached hydrogen (secondary N) is 1. The van der Waals surface area contributed by atoms with Crippen molar-refractivity contribution in [3.63, 3.8) is 0 Å². The number of benzene rings is 2. The van der Waals surface area contributed by atoms with Crippen LogP contribution in [0.3, 0.4) is 0 Å². The SMILES string of the molecule is O=C(Nc1ncccn1)c1cccc(-c2ccccc2)c1. The Hall–Kier alpha value is -3.01. The molecule has 21 heavy (non-hydrogen) atoms. The molecule has 0 fully saturated rings. The van der Waals surface area contributed by atoms with Gasteiger partial charge in [0.2, 0.25) is 5.95 Å². The minimum absolute atomic E-state index is 0.223. The third-order valence-corrected chi connectivity index (χ3v) is 3.02. The normalized spacial score (nSPS) is 10.1. The van der Waals surface area contributed by atoms with E-state index in [1.165, 1.54) is 0 Å². The fourth-order valence-corrected chi connectivity index (χ4v) is 2.01. The minimum atomic E-state index is -0.223. The van der Waals surface area contributed by atoms with Crippen LogP contribution in [0.1, 0.15) is 10.4 Å². The molecule has 0 bridgehead atoms. The average Bonchev–Trinajstić information content (AvgIpc) is 2.57. The van der Waals surface area contributed by atoms with Crippen molar-refractivity contribution in [2.45, 2.75) is 0 Å². The van der Waals surface area contributed by atoms with Crippen LogP contribution in [-0.4, -0.2) is 15.9 Å². The van der Waals surface area contributed by atoms with Gasteiger partial charge in [-0.2, -0.15) is 0 Å². The van der Waals surface area contributed by atoms with Gasteiger partial charge in [-0.05, 0) is 29.3 Å². The molecule has 1 aromatic heterocycles. The molecule has 0 saturated heterocycles. The summed E-state index contributed by atoms with van der Waals surface area (Å²) in [6.45, 7) is 0. The molecule has 0 atom stereocenters. The summed E-state index contributed by atoms with van der Waals surface area (Å²) in [5, 5.41) is 2.68. The molecule has 3 rings (SSSR count). The van der Waals surface area contributed by atoms with Gasteiger partial charge in [0.05, 0.1) is 0 Å². The number of nitrogens with zero attached hydrogens (tertiary/aromatic N) is 2. The van der Waals surface area contributed by atoms with Crippen LogP contribution in [0.15, 0.2) is 73.1 Å². The molecule has 102 valence electrons. The first kappa shape index (κ1) is 13.0. The van der Waals surface area contributed by atoms with Crippen molar-refractivity contribution >= 4 is 11.9 Å². The third kappa shape index (κ3) is 3.12. The Morgan fingerprint density at radius 1 is 0.810 bits per heavy atom. The van der Waals surface area contributed by atoms with Gasteiger partial charge in [-0.15, -0.1) is 0 Å². The Kier molecular flexibility index (Phi) is 3.69. The lowest BCUT2D eigenvalue weighted by Gasteiger charge is -2.06. The maximum atomic E-state index is 12.2. The molecule has 1 amide bonds. The first-order valence-electron chi connectivity index (χ1n) is 6.57. The lowest BCUT2D eigenvalue weighted by molar-refractivity contribution is 0.102. The fourth-order valence-electron chi connectivity index (χ4n) is 2.01. The van der Waals surface area contributed by atoms with Crippen LogP contribution in [0.4, 0.5) is 5.95 Å². The number of carbonyl (C=O) groups excluding carboxylic acids is 1. The number of aromatic nitrogens is 2. The summed E-state index contributed by atoms with van der Waals surface area (Å²) < 4.78 is 0. The highest BCUT2D eigenvalue weighted by Crippen LogP contribution is 2.20. The molecule has 0 unspecified atom stereocenters. The van der Waals surface area contributed by atoms with E-state index in [1.54, 1.807) is 24.5 Å². The zero-order chi connectivity index (χ0) is 14.5. The summed E-state index contributed by atoms with van der Waals surface area (Å²) in [4.78, 5) is 20.2. The molecule has 0 spiro atoms. The highest BCUT2D eigenvalue weighted by molar-refractivity contribution is 6.04. The zero-order valence-electron chi connectivity index (χ0n) is 11.2. The van der Waals surface area contributed by atoms with Gasteiger partial charge in [0, 0.05) is 18.0 Å².